The van der Waals surface area contributed by atoms with Crippen LogP contribution < -0.4 is 10.6 Å². The van der Waals surface area contributed by atoms with Crippen molar-refractivity contribution in [2.24, 2.45) is 0 Å². The van der Waals surface area contributed by atoms with Crippen LogP contribution in [0.25, 0.3) is 0 Å². The number of rotatable bonds is 7. The summed E-state index contributed by atoms with van der Waals surface area (Å²) in [7, 11) is 0. The molecule has 1 saturated carbocycles. The number of carbonyl (C=O) groups is 1. The van der Waals surface area contributed by atoms with E-state index in [-0.39, 0.29) is 6.09 Å². The fourth-order valence-electron chi connectivity index (χ4n) is 1.97. The van der Waals surface area contributed by atoms with Gasteiger partial charge in [-0.2, -0.15) is 0 Å². The molecule has 0 atom stereocenters. The van der Waals surface area contributed by atoms with Gasteiger partial charge in [0.25, 0.3) is 0 Å². The largest absolute Gasteiger partial charge is 0.444 e. The van der Waals surface area contributed by atoms with Crippen LogP contribution >= 0.6 is 0 Å². The molecule has 1 fully saturated rings. The molecule has 1 aliphatic rings. The Bertz CT molecular complexity index is 478. The summed E-state index contributed by atoms with van der Waals surface area (Å²) in [6, 6.07) is 0. The second-order valence-corrected chi connectivity index (χ2v) is 6.65. The molecule has 0 spiro atoms. The molecule has 0 unspecified atom stereocenters. The average Bonchev–Trinajstić information content (AvgIpc) is 3.26. The molecule has 2 N–H and O–H groups in total. The Labute approximate surface area is 132 Å². The Morgan fingerprint density at radius 3 is 2.50 bits per heavy atom. The molecule has 122 valence electrons. The SMILES string of the molecule is CC(C)(C)OC(=O)NCCNCCc1cnc(C2CC2)nc1. The van der Waals surface area contributed by atoms with Gasteiger partial charge in [-0.1, -0.05) is 0 Å². The van der Waals surface area contributed by atoms with Crippen molar-refractivity contribution >= 4 is 6.09 Å². The minimum absolute atomic E-state index is 0.377. The van der Waals surface area contributed by atoms with Crippen molar-refractivity contribution in [2.75, 3.05) is 19.6 Å². The number of carbonyl (C=O) groups excluding carboxylic acids is 1. The third kappa shape index (κ3) is 6.39. The van der Waals surface area contributed by atoms with Crippen molar-refractivity contribution in [2.45, 2.75) is 51.6 Å². The van der Waals surface area contributed by atoms with Crippen molar-refractivity contribution in [3.8, 4) is 0 Å². The average molecular weight is 306 g/mol. The van der Waals surface area contributed by atoms with Gasteiger partial charge in [0.15, 0.2) is 0 Å². The third-order valence-electron chi connectivity index (χ3n) is 3.23. The van der Waals surface area contributed by atoms with E-state index in [0.717, 1.165) is 24.4 Å². The summed E-state index contributed by atoms with van der Waals surface area (Å²) in [4.78, 5) is 20.2. The lowest BCUT2D eigenvalue weighted by molar-refractivity contribution is 0.0528. The zero-order valence-corrected chi connectivity index (χ0v) is 13.7. The molecule has 22 heavy (non-hydrogen) atoms. The molecule has 2 rings (SSSR count). The fraction of sp³-hybridized carbons (Fsp3) is 0.688. The molecule has 1 aromatic heterocycles. The van der Waals surface area contributed by atoms with Crippen LogP contribution in [0.2, 0.25) is 0 Å². The van der Waals surface area contributed by atoms with E-state index in [1.165, 1.54) is 12.8 Å². The number of amides is 1. The zero-order chi connectivity index (χ0) is 16.0. The van der Waals surface area contributed by atoms with Gasteiger partial charge in [-0.05, 0) is 52.1 Å². The van der Waals surface area contributed by atoms with Gasteiger partial charge in [-0.25, -0.2) is 14.8 Å². The van der Waals surface area contributed by atoms with E-state index < -0.39 is 5.60 Å². The number of hydrogen-bond acceptors (Lipinski definition) is 5. The number of nitrogens with zero attached hydrogens (tertiary/aromatic N) is 2. The highest BCUT2D eigenvalue weighted by Gasteiger charge is 2.25. The maximum Gasteiger partial charge on any atom is 0.407 e. The second kappa shape index (κ2) is 7.54. The van der Waals surface area contributed by atoms with Gasteiger partial charge in [-0.3, -0.25) is 0 Å². The number of hydrogen-bond donors (Lipinski definition) is 2. The van der Waals surface area contributed by atoms with Gasteiger partial charge >= 0.3 is 6.09 Å². The molecule has 0 aromatic carbocycles. The lowest BCUT2D eigenvalue weighted by Gasteiger charge is -2.19. The maximum atomic E-state index is 11.4. The number of nitrogens with one attached hydrogen (secondary N) is 2. The molecule has 0 bridgehead atoms. The van der Waals surface area contributed by atoms with Crippen LogP contribution in [-0.2, 0) is 11.2 Å². The summed E-state index contributed by atoms with van der Waals surface area (Å²) >= 11 is 0. The molecule has 1 amide bonds. The van der Waals surface area contributed by atoms with Crippen LogP contribution in [-0.4, -0.2) is 41.3 Å². The standard InChI is InChI=1S/C16H26N4O2/c1-16(2,3)22-15(21)18-9-8-17-7-6-12-10-19-14(20-11-12)13-4-5-13/h10-11,13,17H,4-9H2,1-3H3,(H,18,21). The highest BCUT2D eigenvalue weighted by Crippen LogP contribution is 2.37. The van der Waals surface area contributed by atoms with Crippen LogP contribution in [0.1, 0.15) is 50.9 Å². The van der Waals surface area contributed by atoms with E-state index in [2.05, 4.69) is 20.6 Å². The Balaban J connectivity index is 1.52. The van der Waals surface area contributed by atoms with Crippen molar-refractivity contribution in [1.82, 2.24) is 20.6 Å². The first-order chi connectivity index (χ1) is 10.4. The van der Waals surface area contributed by atoms with Crippen molar-refractivity contribution in [1.29, 1.82) is 0 Å². The minimum Gasteiger partial charge on any atom is -0.444 e. The van der Waals surface area contributed by atoms with Gasteiger partial charge in [0.1, 0.15) is 11.4 Å². The summed E-state index contributed by atoms with van der Waals surface area (Å²) in [6.45, 7) is 7.64. The van der Waals surface area contributed by atoms with Crippen LogP contribution in [0.3, 0.4) is 0 Å². The van der Waals surface area contributed by atoms with Crippen molar-refractivity contribution < 1.29 is 9.53 Å². The van der Waals surface area contributed by atoms with Gasteiger partial charge < -0.3 is 15.4 Å². The smallest absolute Gasteiger partial charge is 0.407 e. The predicted molar refractivity (Wildman–Crippen MR) is 84.8 cm³/mol. The van der Waals surface area contributed by atoms with Gasteiger partial charge in [0, 0.05) is 31.4 Å². The molecule has 1 heterocycles. The quantitative estimate of drug-likeness (QED) is 0.754. The number of aromatic nitrogens is 2. The third-order valence-corrected chi connectivity index (χ3v) is 3.23. The molecule has 1 aromatic rings. The molecule has 0 saturated heterocycles. The van der Waals surface area contributed by atoms with Crippen LogP contribution in [0.5, 0.6) is 0 Å². The van der Waals surface area contributed by atoms with E-state index in [1.54, 1.807) is 0 Å². The summed E-state index contributed by atoms with van der Waals surface area (Å²) in [5.74, 6) is 1.59. The Hall–Kier alpha value is -1.69. The molecular weight excluding hydrogens is 280 g/mol. The van der Waals surface area contributed by atoms with E-state index in [0.29, 0.717) is 19.0 Å². The Kier molecular flexibility index (Phi) is 5.71. The molecule has 6 nitrogen and oxygen atoms in total. The summed E-state index contributed by atoms with van der Waals surface area (Å²) < 4.78 is 5.15. The van der Waals surface area contributed by atoms with Crippen LogP contribution in [0, 0.1) is 0 Å². The molecule has 6 heteroatoms. The molecule has 0 radical (unpaired) electrons. The highest BCUT2D eigenvalue weighted by atomic mass is 16.6. The zero-order valence-electron chi connectivity index (χ0n) is 13.7. The van der Waals surface area contributed by atoms with Crippen LogP contribution in [0.4, 0.5) is 4.79 Å². The van der Waals surface area contributed by atoms with E-state index in [9.17, 15) is 4.79 Å². The van der Waals surface area contributed by atoms with Gasteiger partial charge in [0.05, 0.1) is 0 Å². The summed E-state index contributed by atoms with van der Waals surface area (Å²) in [5, 5.41) is 5.99. The van der Waals surface area contributed by atoms with E-state index in [4.69, 9.17) is 4.74 Å². The lowest BCUT2D eigenvalue weighted by atomic mass is 10.2. The van der Waals surface area contributed by atoms with E-state index in [1.807, 2.05) is 33.2 Å². The molecule has 1 aliphatic carbocycles. The van der Waals surface area contributed by atoms with Crippen molar-refractivity contribution in [3.63, 3.8) is 0 Å². The number of ether oxygens (including phenoxy) is 1. The van der Waals surface area contributed by atoms with Crippen LogP contribution in [0.15, 0.2) is 12.4 Å². The summed E-state index contributed by atoms with van der Waals surface area (Å²) in [5.41, 5.74) is 0.682. The van der Waals surface area contributed by atoms with Gasteiger partial charge in [0.2, 0.25) is 0 Å². The summed E-state index contributed by atoms with van der Waals surface area (Å²) in [6.07, 6.45) is 6.80. The maximum absolute atomic E-state index is 11.4. The van der Waals surface area contributed by atoms with E-state index >= 15 is 0 Å². The number of alkyl carbamates (subject to hydrolysis) is 1. The Morgan fingerprint density at radius 2 is 1.91 bits per heavy atom. The topological polar surface area (TPSA) is 76.1 Å². The second-order valence-electron chi connectivity index (χ2n) is 6.65. The molecule has 0 aliphatic heterocycles. The Morgan fingerprint density at radius 1 is 1.23 bits per heavy atom. The first-order valence-electron chi connectivity index (χ1n) is 7.92. The fourth-order valence-corrected chi connectivity index (χ4v) is 1.97. The van der Waals surface area contributed by atoms with Gasteiger partial charge in [-0.15, -0.1) is 0 Å². The first-order valence-corrected chi connectivity index (χ1v) is 7.92. The minimum atomic E-state index is -0.454. The monoisotopic (exact) mass is 306 g/mol. The van der Waals surface area contributed by atoms with Crippen molar-refractivity contribution in [3.05, 3.63) is 23.8 Å². The predicted octanol–water partition coefficient (Wildman–Crippen LogP) is 2.01. The molecular formula is C16H26N4O2. The highest BCUT2D eigenvalue weighted by molar-refractivity contribution is 5.67. The lowest BCUT2D eigenvalue weighted by Crippen LogP contribution is -2.36. The first kappa shape index (κ1) is 16.7. The normalized spacial score (nSPS) is 14.7.